The van der Waals surface area contributed by atoms with E-state index in [-0.39, 0.29) is 23.2 Å². The molecule has 0 saturated carbocycles. The summed E-state index contributed by atoms with van der Waals surface area (Å²) in [4.78, 5) is 27.3. The highest BCUT2D eigenvalue weighted by Gasteiger charge is 2.31. The number of sulfonamides is 1. The molecule has 0 bridgehead atoms. The second-order valence-electron chi connectivity index (χ2n) is 7.13. The number of carbonyl (C=O) groups is 2. The number of carbonyl (C=O) groups excluding carboxylic acids is 2. The van der Waals surface area contributed by atoms with Gasteiger partial charge < -0.3 is 15.0 Å². The lowest BCUT2D eigenvalue weighted by Gasteiger charge is -2.32. The first-order valence-electron chi connectivity index (χ1n) is 9.98. The summed E-state index contributed by atoms with van der Waals surface area (Å²) in [6.45, 7) is 1.47. The molecule has 0 heterocycles. The largest absolute Gasteiger partial charge is 0.495 e. The monoisotopic (exact) mass is 481 g/mol. The number of methoxy groups -OCH3 is 1. The van der Waals surface area contributed by atoms with E-state index in [0.29, 0.717) is 12.2 Å². The van der Waals surface area contributed by atoms with E-state index >= 15 is 0 Å². The Morgan fingerprint density at radius 1 is 1.16 bits per heavy atom. The van der Waals surface area contributed by atoms with Crippen LogP contribution in [-0.4, -0.2) is 58.1 Å². The maximum atomic E-state index is 13.4. The van der Waals surface area contributed by atoms with Crippen molar-refractivity contribution in [1.82, 2.24) is 10.2 Å². The molecule has 32 heavy (non-hydrogen) atoms. The average Bonchev–Trinajstić information content (AvgIpc) is 2.76. The van der Waals surface area contributed by atoms with Crippen LogP contribution in [0.5, 0.6) is 5.75 Å². The summed E-state index contributed by atoms with van der Waals surface area (Å²) in [6.07, 6.45) is 1.38. The molecule has 0 unspecified atom stereocenters. The van der Waals surface area contributed by atoms with Gasteiger partial charge in [-0.25, -0.2) is 8.42 Å². The normalized spacial score (nSPS) is 12.0. The topological polar surface area (TPSA) is 96.0 Å². The molecule has 0 aliphatic heterocycles. The highest BCUT2D eigenvalue weighted by atomic mass is 35.5. The van der Waals surface area contributed by atoms with Gasteiger partial charge in [0.25, 0.3) is 0 Å². The Kier molecular flexibility index (Phi) is 8.91. The molecule has 0 aliphatic rings. The van der Waals surface area contributed by atoms with Gasteiger partial charge in [-0.3, -0.25) is 13.9 Å². The smallest absolute Gasteiger partial charge is 0.244 e. The second-order valence-corrected chi connectivity index (χ2v) is 9.45. The predicted octanol–water partition coefficient (Wildman–Crippen LogP) is 2.67. The van der Waals surface area contributed by atoms with Gasteiger partial charge >= 0.3 is 0 Å². The molecule has 2 rings (SSSR count). The van der Waals surface area contributed by atoms with Crippen molar-refractivity contribution in [2.24, 2.45) is 0 Å². The molecule has 8 nitrogen and oxygen atoms in total. The molecule has 0 aromatic heterocycles. The van der Waals surface area contributed by atoms with Crippen LogP contribution in [-0.2, 0) is 26.2 Å². The minimum atomic E-state index is -3.83. The number of halogens is 1. The van der Waals surface area contributed by atoms with Gasteiger partial charge in [0.15, 0.2) is 0 Å². The number of nitrogens with zero attached hydrogens (tertiary/aromatic N) is 2. The Morgan fingerprint density at radius 2 is 1.81 bits per heavy atom. The van der Waals surface area contributed by atoms with Gasteiger partial charge in [0.05, 0.1) is 24.1 Å². The number of hydrogen-bond donors (Lipinski definition) is 1. The molecule has 0 spiro atoms. The quantitative estimate of drug-likeness (QED) is 0.562. The van der Waals surface area contributed by atoms with Crippen molar-refractivity contribution < 1.29 is 22.7 Å². The number of likely N-dealkylation sites (N-methyl/N-ethyl adjacent to an activating group) is 1. The first kappa shape index (κ1) is 25.5. The van der Waals surface area contributed by atoms with Gasteiger partial charge in [0.2, 0.25) is 21.8 Å². The van der Waals surface area contributed by atoms with E-state index in [1.165, 1.54) is 37.3 Å². The Bertz CT molecular complexity index is 1050. The molecular formula is C22H28ClN3O5S. The third-order valence-electron chi connectivity index (χ3n) is 4.93. The standard InChI is InChI=1S/C22H28ClN3O5S/c1-5-19(22(28)24-2)25(14-16-9-7-6-8-10-16)21(27)15-26(32(4,29)30)17-11-12-20(31-3)18(23)13-17/h6-13,19H,5,14-15H2,1-4H3,(H,24,28)/t19-/m1/s1. The van der Waals surface area contributed by atoms with Crippen molar-refractivity contribution in [2.75, 3.05) is 31.3 Å². The van der Waals surface area contributed by atoms with Crippen molar-refractivity contribution in [3.63, 3.8) is 0 Å². The Balaban J connectivity index is 2.43. The summed E-state index contributed by atoms with van der Waals surface area (Å²) in [5.41, 5.74) is 1.04. The van der Waals surface area contributed by atoms with E-state index in [4.69, 9.17) is 16.3 Å². The van der Waals surface area contributed by atoms with Crippen molar-refractivity contribution in [3.05, 3.63) is 59.1 Å². The molecule has 0 saturated heterocycles. The maximum Gasteiger partial charge on any atom is 0.244 e. The number of nitrogens with one attached hydrogen (secondary N) is 1. The summed E-state index contributed by atoms with van der Waals surface area (Å²) in [6, 6.07) is 12.9. The zero-order chi connectivity index (χ0) is 23.9. The van der Waals surface area contributed by atoms with E-state index in [1.54, 1.807) is 6.92 Å². The van der Waals surface area contributed by atoms with Crippen molar-refractivity contribution >= 4 is 39.1 Å². The highest BCUT2D eigenvalue weighted by molar-refractivity contribution is 7.92. The zero-order valence-electron chi connectivity index (χ0n) is 18.5. The fraction of sp³-hybridized carbons (Fsp3) is 0.364. The van der Waals surface area contributed by atoms with Crippen LogP contribution in [0.4, 0.5) is 5.69 Å². The number of benzene rings is 2. The van der Waals surface area contributed by atoms with Crippen LogP contribution in [0.25, 0.3) is 0 Å². The number of ether oxygens (including phenoxy) is 1. The van der Waals surface area contributed by atoms with Crippen LogP contribution in [0.1, 0.15) is 18.9 Å². The Labute approximate surface area is 194 Å². The average molecular weight is 482 g/mol. The summed E-state index contributed by atoms with van der Waals surface area (Å²) in [7, 11) is -0.882. The van der Waals surface area contributed by atoms with Gasteiger partial charge in [-0.1, -0.05) is 48.9 Å². The van der Waals surface area contributed by atoms with E-state index in [9.17, 15) is 18.0 Å². The van der Waals surface area contributed by atoms with Crippen LogP contribution in [0.3, 0.4) is 0 Å². The van der Waals surface area contributed by atoms with Gasteiger partial charge in [-0.05, 0) is 30.2 Å². The van der Waals surface area contributed by atoms with Crippen molar-refractivity contribution in [3.8, 4) is 5.75 Å². The molecule has 174 valence electrons. The van der Waals surface area contributed by atoms with Crippen molar-refractivity contribution in [2.45, 2.75) is 25.9 Å². The Morgan fingerprint density at radius 3 is 2.31 bits per heavy atom. The van der Waals surface area contributed by atoms with Gasteiger partial charge in [-0.2, -0.15) is 0 Å². The molecule has 2 aromatic carbocycles. The minimum absolute atomic E-state index is 0.159. The highest BCUT2D eigenvalue weighted by Crippen LogP contribution is 2.30. The predicted molar refractivity (Wildman–Crippen MR) is 125 cm³/mol. The van der Waals surface area contributed by atoms with Crippen molar-refractivity contribution in [1.29, 1.82) is 0 Å². The van der Waals surface area contributed by atoms with Gasteiger partial charge in [-0.15, -0.1) is 0 Å². The molecular weight excluding hydrogens is 454 g/mol. The number of amides is 2. The minimum Gasteiger partial charge on any atom is -0.495 e. The second kappa shape index (κ2) is 11.2. The molecule has 2 amide bonds. The molecule has 1 atom stereocenters. The molecule has 1 N–H and O–H groups in total. The first-order chi connectivity index (χ1) is 15.1. The SMILES string of the molecule is CC[C@H](C(=O)NC)N(Cc1ccccc1)C(=O)CN(c1ccc(OC)c(Cl)c1)S(C)(=O)=O. The third kappa shape index (κ3) is 6.37. The molecule has 2 aromatic rings. The van der Waals surface area contributed by atoms with E-state index in [0.717, 1.165) is 16.1 Å². The summed E-state index contributed by atoms with van der Waals surface area (Å²) >= 11 is 6.17. The molecule has 0 aliphatic carbocycles. The number of rotatable bonds is 10. The summed E-state index contributed by atoms with van der Waals surface area (Å²) < 4.78 is 31.2. The van der Waals surface area contributed by atoms with E-state index < -0.39 is 28.5 Å². The molecule has 0 fully saturated rings. The van der Waals surface area contributed by atoms with E-state index in [2.05, 4.69) is 5.32 Å². The third-order valence-corrected chi connectivity index (χ3v) is 6.37. The van der Waals surface area contributed by atoms with E-state index in [1.807, 2.05) is 30.3 Å². The lowest BCUT2D eigenvalue weighted by atomic mass is 10.1. The maximum absolute atomic E-state index is 13.4. The molecule has 0 radical (unpaired) electrons. The lowest BCUT2D eigenvalue weighted by molar-refractivity contribution is -0.140. The number of hydrogen-bond acceptors (Lipinski definition) is 5. The van der Waals surface area contributed by atoms with Crippen LogP contribution < -0.4 is 14.4 Å². The van der Waals surface area contributed by atoms with Gasteiger partial charge in [0, 0.05) is 13.6 Å². The summed E-state index contributed by atoms with van der Waals surface area (Å²) in [5.74, 6) is -0.455. The van der Waals surface area contributed by atoms with Crippen LogP contribution in [0.15, 0.2) is 48.5 Å². The first-order valence-corrected chi connectivity index (χ1v) is 12.2. The fourth-order valence-electron chi connectivity index (χ4n) is 3.29. The fourth-order valence-corrected chi connectivity index (χ4v) is 4.38. The molecule has 10 heteroatoms. The lowest BCUT2D eigenvalue weighted by Crippen LogP contribution is -2.51. The summed E-state index contributed by atoms with van der Waals surface area (Å²) in [5, 5.41) is 2.79. The van der Waals surface area contributed by atoms with Crippen LogP contribution in [0.2, 0.25) is 5.02 Å². The van der Waals surface area contributed by atoms with Gasteiger partial charge in [0.1, 0.15) is 18.3 Å². The number of anilines is 1. The zero-order valence-corrected chi connectivity index (χ0v) is 20.1. The van der Waals surface area contributed by atoms with Crippen LogP contribution >= 0.6 is 11.6 Å². The van der Waals surface area contributed by atoms with Crippen LogP contribution in [0, 0.1) is 0 Å². The Hall–Kier alpha value is -2.78.